The van der Waals surface area contributed by atoms with Crippen molar-refractivity contribution < 1.29 is 0 Å². The molecule has 0 aliphatic rings. The summed E-state index contributed by atoms with van der Waals surface area (Å²) >= 11 is 0. The lowest BCUT2D eigenvalue weighted by Crippen LogP contribution is -1.94. The van der Waals surface area contributed by atoms with Gasteiger partial charge in [0.1, 0.15) is 0 Å². The summed E-state index contributed by atoms with van der Waals surface area (Å²) in [6.45, 7) is 4.37. The number of nitrogens with two attached hydrogens (primary N) is 1. The SMILES string of the molecule is CCc1ccc(-c2cnccc2N)cc1CC. The lowest BCUT2D eigenvalue weighted by atomic mass is 9.97. The maximum absolute atomic E-state index is 5.97. The Morgan fingerprint density at radius 3 is 2.47 bits per heavy atom. The van der Waals surface area contributed by atoms with E-state index in [1.807, 2.05) is 12.3 Å². The van der Waals surface area contributed by atoms with Gasteiger partial charge in [0.05, 0.1) is 0 Å². The maximum atomic E-state index is 5.97. The standard InChI is InChI=1S/C15H18N2/c1-3-11-5-6-13(9-12(11)4-2)14-10-17-8-7-15(14)16/h5-10H,3-4H2,1-2H3,(H2,16,17). The van der Waals surface area contributed by atoms with Crippen LogP contribution in [0.3, 0.4) is 0 Å². The number of pyridine rings is 1. The molecule has 0 bridgehead atoms. The van der Waals surface area contributed by atoms with Gasteiger partial charge < -0.3 is 5.73 Å². The smallest absolute Gasteiger partial charge is 0.0424 e. The second-order valence-electron chi connectivity index (χ2n) is 4.15. The van der Waals surface area contributed by atoms with Crippen LogP contribution in [0.2, 0.25) is 0 Å². The molecule has 88 valence electrons. The van der Waals surface area contributed by atoms with E-state index >= 15 is 0 Å². The van der Waals surface area contributed by atoms with Crippen LogP contribution in [0, 0.1) is 0 Å². The van der Waals surface area contributed by atoms with Gasteiger partial charge in [-0.2, -0.15) is 0 Å². The molecule has 2 aromatic rings. The molecule has 0 radical (unpaired) electrons. The molecule has 0 unspecified atom stereocenters. The Hall–Kier alpha value is -1.83. The molecule has 2 nitrogen and oxygen atoms in total. The maximum Gasteiger partial charge on any atom is 0.0424 e. The van der Waals surface area contributed by atoms with Gasteiger partial charge in [0.2, 0.25) is 0 Å². The predicted molar refractivity (Wildman–Crippen MR) is 72.8 cm³/mol. The summed E-state index contributed by atoms with van der Waals surface area (Å²) in [7, 11) is 0. The van der Waals surface area contributed by atoms with Crippen LogP contribution >= 0.6 is 0 Å². The van der Waals surface area contributed by atoms with E-state index in [0.29, 0.717) is 0 Å². The van der Waals surface area contributed by atoms with Crippen LogP contribution in [0.4, 0.5) is 5.69 Å². The molecule has 0 spiro atoms. The van der Waals surface area contributed by atoms with Crippen LogP contribution < -0.4 is 5.73 Å². The zero-order chi connectivity index (χ0) is 12.3. The molecule has 0 aliphatic heterocycles. The summed E-state index contributed by atoms with van der Waals surface area (Å²) in [5, 5.41) is 0. The minimum atomic E-state index is 0.784. The molecule has 1 aromatic carbocycles. The molecule has 0 saturated heterocycles. The molecule has 2 rings (SSSR count). The Morgan fingerprint density at radius 2 is 1.82 bits per heavy atom. The van der Waals surface area contributed by atoms with Crippen molar-refractivity contribution in [2.45, 2.75) is 26.7 Å². The summed E-state index contributed by atoms with van der Waals surface area (Å²) in [6, 6.07) is 8.40. The Bertz CT molecular complexity index is 518. The predicted octanol–water partition coefficient (Wildman–Crippen LogP) is 3.46. The first-order valence-corrected chi connectivity index (χ1v) is 6.08. The van der Waals surface area contributed by atoms with Gasteiger partial charge in [-0.1, -0.05) is 32.0 Å². The molecule has 1 heterocycles. The van der Waals surface area contributed by atoms with E-state index in [9.17, 15) is 0 Å². The van der Waals surface area contributed by atoms with Crippen molar-refractivity contribution >= 4 is 5.69 Å². The first kappa shape index (κ1) is 11.6. The van der Waals surface area contributed by atoms with Gasteiger partial charge >= 0.3 is 0 Å². The molecule has 0 aliphatic carbocycles. The van der Waals surface area contributed by atoms with E-state index in [2.05, 4.69) is 37.0 Å². The molecule has 0 saturated carbocycles. The summed E-state index contributed by atoms with van der Waals surface area (Å²) in [4.78, 5) is 4.14. The summed E-state index contributed by atoms with van der Waals surface area (Å²) in [5.74, 6) is 0. The second kappa shape index (κ2) is 5.00. The fraction of sp³-hybridized carbons (Fsp3) is 0.267. The highest BCUT2D eigenvalue weighted by molar-refractivity contribution is 5.75. The third kappa shape index (κ3) is 2.31. The summed E-state index contributed by atoms with van der Waals surface area (Å²) in [6.07, 6.45) is 5.68. The number of nitrogen functional groups attached to an aromatic ring is 1. The third-order valence-electron chi connectivity index (χ3n) is 3.13. The number of anilines is 1. The number of nitrogens with zero attached hydrogens (tertiary/aromatic N) is 1. The van der Waals surface area contributed by atoms with Crippen molar-refractivity contribution in [3.8, 4) is 11.1 Å². The fourth-order valence-corrected chi connectivity index (χ4v) is 2.11. The van der Waals surface area contributed by atoms with Crippen molar-refractivity contribution in [2.24, 2.45) is 0 Å². The Kier molecular flexibility index (Phi) is 3.43. The molecule has 17 heavy (non-hydrogen) atoms. The van der Waals surface area contributed by atoms with E-state index in [0.717, 1.165) is 29.7 Å². The monoisotopic (exact) mass is 226 g/mol. The lowest BCUT2D eigenvalue weighted by molar-refractivity contribution is 1.04. The third-order valence-corrected chi connectivity index (χ3v) is 3.13. The van der Waals surface area contributed by atoms with Crippen LogP contribution in [0.5, 0.6) is 0 Å². The molecule has 2 heteroatoms. The zero-order valence-electron chi connectivity index (χ0n) is 10.4. The van der Waals surface area contributed by atoms with Gasteiger partial charge in [0.25, 0.3) is 0 Å². The van der Waals surface area contributed by atoms with E-state index in [4.69, 9.17) is 5.73 Å². The van der Waals surface area contributed by atoms with E-state index in [1.165, 1.54) is 11.1 Å². The lowest BCUT2D eigenvalue weighted by Gasteiger charge is -2.10. The van der Waals surface area contributed by atoms with Gasteiger partial charge in [-0.05, 0) is 35.6 Å². The van der Waals surface area contributed by atoms with Crippen LogP contribution in [0.25, 0.3) is 11.1 Å². The average Bonchev–Trinajstić information content (AvgIpc) is 2.38. The van der Waals surface area contributed by atoms with Gasteiger partial charge in [-0.3, -0.25) is 4.98 Å². The molecular formula is C15H18N2. The number of rotatable bonds is 3. The van der Waals surface area contributed by atoms with Crippen molar-refractivity contribution in [3.63, 3.8) is 0 Å². The minimum Gasteiger partial charge on any atom is -0.398 e. The van der Waals surface area contributed by atoms with E-state index in [1.54, 1.807) is 6.20 Å². The molecule has 2 N–H and O–H groups in total. The highest BCUT2D eigenvalue weighted by atomic mass is 14.7. The largest absolute Gasteiger partial charge is 0.398 e. The average molecular weight is 226 g/mol. The van der Waals surface area contributed by atoms with E-state index in [-0.39, 0.29) is 0 Å². The Morgan fingerprint density at radius 1 is 1.06 bits per heavy atom. The molecule has 0 amide bonds. The first-order valence-electron chi connectivity index (χ1n) is 6.08. The Balaban J connectivity index is 2.50. The van der Waals surface area contributed by atoms with Crippen molar-refractivity contribution in [1.29, 1.82) is 0 Å². The zero-order valence-corrected chi connectivity index (χ0v) is 10.4. The van der Waals surface area contributed by atoms with E-state index < -0.39 is 0 Å². The van der Waals surface area contributed by atoms with Crippen LogP contribution in [0.1, 0.15) is 25.0 Å². The topological polar surface area (TPSA) is 38.9 Å². The molecule has 0 fully saturated rings. The normalized spacial score (nSPS) is 10.5. The number of aromatic nitrogens is 1. The summed E-state index contributed by atoms with van der Waals surface area (Å²) < 4.78 is 0. The molecule has 1 aromatic heterocycles. The minimum absolute atomic E-state index is 0.784. The number of benzene rings is 1. The number of hydrogen-bond donors (Lipinski definition) is 1. The quantitative estimate of drug-likeness (QED) is 0.870. The van der Waals surface area contributed by atoms with Gasteiger partial charge in [-0.15, -0.1) is 0 Å². The van der Waals surface area contributed by atoms with Crippen LogP contribution in [-0.2, 0) is 12.8 Å². The summed E-state index contributed by atoms with van der Waals surface area (Å²) in [5.41, 5.74) is 11.7. The van der Waals surface area contributed by atoms with Gasteiger partial charge in [0, 0.05) is 23.6 Å². The highest BCUT2D eigenvalue weighted by Crippen LogP contribution is 2.27. The van der Waals surface area contributed by atoms with Crippen molar-refractivity contribution in [1.82, 2.24) is 4.98 Å². The highest BCUT2D eigenvalue weighted by Gasteiger charge is 2.05. The van der Waals surface area contributed by atoms with Crippen LogP contribution in [-0.4, -0.2) is 4.98 Å². The van der Waals surface area contributed by atoms with Gasteiger partial charge in [0.15, 0.2) is 0 Å². The molecular weight excluding hydrogens is 208 g/mol. The van der Waals surface area contributed by atoms with Crippen molar-refractivity contribution in [3.05, 3.63) is 47.8 Å². The van der Waals surface area contributed by atoms with Gasteiger partial charge in [-0.25, -0.2) is 0 Å². The van der Waals surface area contributed by atoms with Crippen LogP contribution in [0.15, 0.2) is 36.7 Å². The number of aryl methyl sites for hydroxylation is 2. The van der Waals surface area contributed by atoms with Crippen molar-refractivity contribution in [2.75, 3.05) is 5.73 Å². The number of hydrogen-bond acceptors (Lipinski definition) is 2. The fourth-order valence-electron chi connectivity index (χ4n) is 2.11. The first-order chi connectivity index (χ1) is 8.26. The Labute approximate surface area is 103 Å². The second-order valence-corrected chi connectivity index (χ2v) is 4.15. The molecule has 0 atom stereocenters.